The quantitative estimate of drug-likeness (QED) is 0.211. The van der Waals surface area contributed by atoms with Gasteiger partial charge in [0.25, 0.3) is 0 Å². The second-order valence-electron chi connectivity index (χ2n) is 12.3. The summed E-state index contributed by atoms with van der Waals surface area (Å²) in [6.07, 6.45) is 9.29. The highest BCUT2D eigenvalue weighted by molar-refractivity contribution is 6.03. The number of hydrogen-bond donors (Lipinski definition) is 0. The fourth-order valence-electron chi connectivity index (χ4n) is 4.21. The minimum Gasteiger partial charge on any atom is -0.459 e. The molecule has 0 spiro atoms. The third-order valence-corrected chi connectivity index (χ3v) is 6.76. The topological polar surface area (TPSA) is 52.6 Å². The number of unbranched alkanes of at least 4 members (excludes halogenated alkanes) is 2. The van der Waals surface area contributed by atoms with Crippen LogP contribution in [0.2, 0.25) is 0 Å². The van der Waals surface area contributed by atoms with Gasteiger partial charge in [0.15, 0.2) is 0 Å². The molecule has 0 N–H and O–H groups in total. The van der Waals surface area contributed by atoms with Crippen molar-refractivity contribution in [3.63, 3.8) is 0 Å². The molecule has 0 aromatic heterocycles. The first-order chi connectivity index (χ1) is 16.9. The van der Waals surface area contributed by atoms with Crippen LogP contribution in [-0.2, 0) is 14.9 Å². The van der Waals surface area contributed by atoms with Gasteiger partial charge in [0.2, 0.25) is 0 Å². The van der Waals surface area contributed by atoms with E-state index < -0.39 is 11.9 Å². The van der Waals surface area contributed by atoms with Crippen LogP contribution in [0.3, 0.4) is 0 Å². The van der Waals surface area contributed by atoms with Crippen molar-refractivity contribution in [2.75, 3.05) is 0 Å². The number of carbonyl (C=O) groups is 2. The molecule has 0 bridgehead atoms. The van der Waals surface area contributed by atoms with Gasteiger partial charge in [0.05, 0.1) is 11.1 Å². The van der Waals surface area contributed by atoms with E-state index in [1.807, 2.05) is 12.1 Å². The average Bonchev–Trinajstić information content (AvgIpc) is 2.81. The van der Waals surface area contributed by atoms with E-state index in [2.05, 4.69) is 62.3 Å². The van der Waals surface area contributed by atoms with Crippen molar-refractivity contribution < 1.29 is 19.1 Å². The van der Waals surface area contributed by atoms with Gasteiger partial charge >= 0.3 is 11.9 Å². The van der Waals surface area contributed by atoms with E-state index in [4.69, 9.17) is 9.47 Å². The smallest absolute Gasteiger partial charge is 0.339 e. The number of hydrogen-bond acceptors (Lipinski definition) is 4. The minimum absolute atomic E-state index is 0.130. The summed E-state index contributed by atoms with van der Waals surface area (Å²) in [6, 6.07) is 5.54. The Hall–Kier alpha value is -1.84. The van der Waals surface area contributed by atoms with Crippen LogP contribution in [0.25, 0.3) is 0 Å². The van der Waals surface area contributed by atoms with Gasteiger partial charge in [-0.3, -0.25) is 0 Å². The second kappa shape index (κ2) is 16.1. The summed E-state index contributed by atoms with van der Waals surface area (Å²) in [7, 11) is 0. The van der Waals surface area contributed by atoms with Crippen LogP contribution in [0.1, 0.15) is 153 Å². The monoisotopic (exact) mass is 502 g/mol. The number of esters is 2. The van der Waals surface area contributed by atoms with E-state index in [-0.39, 0.29) is 17.6 Å². The van der Waals surface area contributed by atoms with Crippen LogP contribution >= 0.6 is 0 Å². The number of ether oxygens (including phenoxy) is 2. The van der Waals surface area contributed by atoms with Crippen molar-refractivity contribution >= 4 is 11.9 Å². The van der Waals surface area contributed by atoms with Gasteiger partial charge in [-0.15, -0.1) is 0 Å². The van der Waals surface area contributed by atoms with Crippen molar-refractivity contribution in [1.82, 2.24) is 0 Å². The molecule has 4 nitrogen and oxygen atoms in total. The number of benzene rings is 1. The first-order valence-electron chi connectivity index (χ1n) is 14.4. The van der Waals surface area contributed by atoms with E-state index in [1.54, 1.807) is 6.07 Å². The summed E-state index contributed by atoms with van der Waals surface area (Å²) in [5.74, 6) is 0.272. The molecule has 0 aliphatic carbocycles. The van der Waals surface area contributed by atoms with Crippen LogP contribution in [-0.4, -0.2) is 24.1 Å². The summed E-state index contributed by atoms with van der Waals surface area (Å²) in [4.78, 5) is 26.9. The molecular formula is C32H54O4. The third-order valence-electron chi connectivity index (χ3n) is 6.76. The highest BCUT2D eigenvalue weighted by Crippen LogP contribution is 2.27. The molecule has 0 aliphatic rings. The zero-order valence-corrected chi connectivity index (χ0v) is 24.7. The average molecular weight is 503 g/mol. The van der Waals surface area contributed by atoms with Gasteiger partial charge in [-0.1, -0.05) is 94.1 Å². The van der Waals surface area contributed by atoms with Gasteiger partial charge in [-0.05, 0) is 73.5 Å². The Morgan fingerprint density at radius 2 is 1.14 bits per heavy atom. The molecule has 0 fully saturated rings. The Labute approximate surface area is 221 Å². The molecule has 0 radical (unpaired) electrons. The van der Waals surface area contributed by atoms with Gasteiger partial charge < -0.3 is 9.47 Å². The summed E-state index contributed by atoms with van der Waals surface area (Å²) >= 11 is 0. The van der Waals surface area contributed by atoms with E-state index in [1.165, 1.54) is 0 Å². The van der Waals surface area contributed by atoms with Gasteiger partial charge in [0, 0.05) is 0 Å². The van der Waals surface area contributed by atoms with Crippen LogP contribution in [0.4, 0.5) is 0 Å². The Morgan fingerprint density at radius 3 is 1.53 bits per heavy atom. The van der Waals surface area contributed by atoms with Crippen molar-refractivity contribution in [3.8, 4) is 0 Å². The van der Waals surface area contributed by atoms with Crippen LogP contribution in [0.5, 0.6) is 0 Å². The maximum Gasteiger partial charge on any atom is 0.339 e. The summed E-state index contributed by atoms with van der Waals surface area (Å²) in [5, 5.41) is 0. The SMILES string of the molecule is CCCCC(CCC(C)C)OC(=O)c1ccc(C(C)(C)C)cc1C(=O)OC(CCCC)CCC(C)C. The molecule has 2 atom stereocenters. The van der Waals surface area contributed by atoms with E-state index >= 15 is 0 Å². The molecule has 0 saturated carbocycles. The Morgan fingerprint density at radius 1 is 0.694 bits per heavy atom. The lowest BCUT2D eigenvalue weighted by Gasteiger charge is -2.24. The highest BCUT2D eigenvalue weighted by Gasteiger charge is 2.27. The first-order valence-corrected chi connectivity index (χ1v) is 14.4. The Kier molecular flexibility index (Phi) is 14.4. The second-order valence-corrected chi connectivity index (χ2v) is 12.3. The van der Waals surface area contributed by atoms with Crippen LogP contribution < -0.4 is 0 Å². The molecule has 2 unspecified atom stereocenters. The van der Waals surface area contributed by atoms with E-state index in [0.717, 1.165) is 69.8 Å². The predicted octanol–water partition coefficient (Wildman–Crippen LogP) is 9.29. The van der Waals surface area contributed by atoms with Crippen LogP contribution in [0, 0.1) is 11.8 Å². The lowest BCUT2D eigenvalue weighted by Crippen LogP contribution is -2.24. The molecule has 1 rings (SSSR count). The maximum atomic E-state index is 13.5. The van der Waals surface area contributed by atoms with Crippen molar-refractivity contribution in [1.29, 1.82) is 0 Å². The molecular weight excluding hydrogens is 448 g/mol. The molecule has 1 aromatic rings. The van der Waals surface area contributed by atoms with E-state index in [9.17, 15) is 9.59 Å². The lowest BCUT2D eigenvalue weighted by atomic mass is 9.85. The lowest BCUT2D eigenvalue weighted by molar-refractivity contribution is 0.0195. The zero-order valence-electron chi connectivity index (χ0n) is 24.7. The van der Waals surface area contributed by atoms with Crippen molar-refractivity contribution in [2.24, 2.45) is 11.8 Å². The molecule has 0 saturated heterocycles. The predicted molar refractivity (Wildman–Crippen MR) is 151 cm³/mol. The number of rotatable bonds is 16. The molecule has 206 valence electrons. The Balaban J connectivity index is 3.24. The van der Waals surface area contributed by atoms with Crippen LogP contribution in [0.15, 0.2) is 18.2 Å². The Bertz CT molecular complexity index is 788. The van der Waals surface area contributed by atoms with Crippen molar-refractivity contribution in [2.45, 2.75) is 144 Å². The number of carbonyl (C=O) groups excluding carboxylic acids is 2. The van der Waals surface area contributed by atoms with E-state index in [0.29, 0.717) is 23.0 Å². The normalized spacial score (nSPS) is 13.6. The van der Waals surface area contributed by atoms with Crippen molar-refractivity contribution in [3.05, 3.63) is 34.9 Å². The molecule has 1 aromatic carbocycles. The summed E-state index contributed by atoms with van der Waals surface area (Å²) in [6.45, 7) is 19.4. The first kappa shape index (κ1) is 32.2. The fourth-order valence-corrected chi connectivity index (χ4v) is 4.21. The largest absolute Gasteiger partial charge is 0.459 e. The molecule has 4 heteroatoms. The minimum atomic E-state index is -0.417. The summed E-state index contributed by atoms with van der Waals surface area (Å²) in [5.41, 5.74) is 1.49. The van der Waals surface area contributed by atoms with Gasteiger partial charge in [-0.2, -0.15) is 0 Å². The third kappa shape index (κ3) is 11.9. The highest BCUT2D eigenvalue weighted by atomic mass is 16.5. The molecule has 0 aliphatic heterocycles. The molecule has 0 amide bonds. The summed E-state index contributed by atoms with van der Waals surface area (Å²) < 4.78 is 12.1. The van der Waals surface area contributed by atoms with Gasteiger partial charge in [-0.25, -0.2) is 9.59 Å². The zero-order chi connectivity index (χ0) is 27.3. The maximum absolute atomic E-state index is 13.5. The standard InChI is InChI=1S/C32H54O4/c1-10-12-14-26(19-16-23(3)4)35-30(33)28-21-18-25(32(7,8)9)22-29(28)31(34)36-27(15-13-11-2)20-17-24(5)6/h18,21-24,26-27H,10-17,19-20H2,1-9H3. The molecule has 0 heterocycles. The molecule has 36 heavy (non-hydrogen) atoms. The van der Waals surface area contributed by atoms with Gasteiger partial charge in [0.1, 0.15) is 12.2 Å². The fraction of sp³-hybridized carbons (Fsp3) is 0.750.